The summed E-state index contributed by atoms with van der Waals surface area (Å²) in [5, 5.41) is 16.0. The zero-order chi connectivity index (χ0) is 23.5. The van der Waals surface area contributed by atoms with Crippen molar-refractivity contribution in [2.45, 2.75) is 39.0 Å². The fourth-order valence-corrected chi connectivity index (χ4v) is 4.05. The van der Waals surface area contributed by atoms with Gasteiger partial charge in [-0.05, 0) is 51.0 Å². The molecule has 1 amide bonds. The smallest absolute Gasteiger partial charge is 0.275 e. The molecule has 1 atom stereocenters. The van der Waals surface area contributed by atoms with Crippen LogP contribution in [0.3, 0.4) is 0 Å². The van der Waals surface area contributed by atoms with Crippen LogP contribution in [0.1, 0.15) is 42.8 Å². The lowest BCUT2D eigenvalue weighted by atomic mass is 10.0. The highest BCUT2D eigenvalue weighted by atomic mass is 16.5. The predicted molar refractivity (Wildman–Crippen MR) is 129 cm³/mol. The molecule has 0 bridgehead atoms. The highest BCUT2D eigenvalue weighted by Gasteiger charge is 2.26. The SMILES string of the molecule is CN=C(C)c1cc(NC(=O)C2=COC(c3ccnc(C)c3)N2)c(N2CCC(O)CC2)cc1N. The lowest BCUT2D eigenvalue weighted by Crippen LogP contribution is -2.36. The first-order valence-corrected chi connectivity index (χ1v) is 11.0. The topological polar surface area (TPSA) is 125 Å². The number of hydrogen-bond donors (Lipinski definition) is 4. The van der Waals surface area contributed by atoms with Crippen molar-refractivity contribution in [2.24, 2.45) is 4.99 Å². The van der Waals surface area contributed by atoms with Crippen molar-refractivity contribution in [3.05, 3.63) is 59.2 Å². The quantitative estimate of drug-likeness (QED) is 0.407. The van der Waals surface area contributed by atoms with Gasteiger partial charge in [0.25, 0.3) is 5.91 Å². The minimum atomic E-state index is -0.452. The molecule has 1 fully saturated rings. The second-order valence-electron chi connectivity index (χ2n) is 8.36. The van der Waals surface area contributed by atoms with Crippen molar-refractivity contribution >= 4 is 28.7 Å². The molecule has 1 saturated heterocycles. The van der Waals surface area contributed by atoms with Gasteiger partial charge in [-0.3, -0.25) is 14.8 Å². The van der Waals surface area contributed by atoms with E-state index in [1.807, 2.05) is 38.1 Å². The van der Waals surface area contributed by atoms with Crippen LogP contribution in [0.5, 0.6) is 0 Å². The number of pyridine rings is 1. The molecule has 4 rings (SSSR count). The van der Waals surface area contributed by atoms with Crippen LogP contribution in [-0.2, 0) is 9.53 Å². The van der Waals surface area contributed by atoms with E-state index in [4.69, 9.17) is 10.5 Å². The summed E-state index contributed by atoms with van der Waals surface area (Å²) < 4.78 is 5.68. The molecule has 174 valence electrons. The average molecular weight is 451 g/mol. The number of nitrogens with zero attached hydrogens (tertiary/aromatic N) is 3. The van der Waals surface area contributed by atoms with E-state index in [0.717, 1.165) is 28.2 Å². The van der Waals surface area contributed by atoms with Crippen LogP contribution < -0.4 is 21.3 Å². The summed E-state index contributed by atoms with van der Waals surface area (Å²) in [5.41, 5.74) is 12.0. The molecular weight excluding hydrogens is 420 g/mol. The van der Waals surface area contributed by atoms with Crippen LogP contribution in [-0.4, -0.2) is 48.0 Å². The van der Waals surface area contributed by atoms with Gasteiger partial charge in [0.05, 0.1) is 17.5 Å². The number of piperidine rings is 1. The number of aliphatic imine (C=N–C) groups is 1. The number of hydrogen-bond acceptors (Lipinski definition) is 8. The Morgan fingerprint density at radius 3 is 2.79 bits per heavy atom. The van der Waals surface area contributed by atoms with E-state index in [9.17, 15) is 9.90 Å². The Morgan fingerprint density at radius 2 is 2.09 bits per heavy atom. The Balaban J connectivity index is 1.57. The fraction of sp³-hybridized carbons (Fsp3) is 0.375. The number of benzene rings is 1. The van der Waals surface area contributed by atoms with Gasteiger partial charge in [0, 0.05) is 54.6 Å². The van der Waals surface area contributed by atoms with Gasteiger partial charge < -0.3 is 31.1 Å². The number of aromatic nitrogens is 1. The monoisotopic (exact) mass is 450 g/mol. The minimum absolute atomic E-state index is 0.302. The van der Waals surface area contributed by atoms with E-state index in [2.05, 4.69) is 25.5 Å². The Hall–Kier alpha value is -3.59. The van der Waals surface area contributed by atoms with Crippen molar-refractivity contribution < 1.29 is 14.6 Å². The maximum absolute atomic E-state index is 13.1. The van der Waals surface area contributed by atoms with Crippen molar-refractivity contribution in [1.29, 1.82) is 0 Å². The van der Waals surface area contributed by atoms with Gasteiger partial charge in [0.1, 0.15) is 12.0 Å². The molecule has 0 spiro atoms. The summed E-state index contributed by atoms with van der Waals surface area (Å²) in [6.45, 7) is 5.14. The number of nitrogens with two attached hydrogens (primary N) is 1. The first kappa shape index (κ1) is 22.6. The molecular formula is C24H30N6O3. The Kier molecular flexibility index (Phi) is 6.50. The lowest BCUT2D eigenvalue weighted by Gasteiger charge is -2.33. The van der Waals surface area contributed by atoms with Crippen LogP contribution in [0, 0.1) is 6.92 Å². The second kappa shape index (κ2) is 9.50. The summed E-state index contributed by atoms with van der Waals surface area (Å²) in [6, 6.07) is 7.48. The van der Waals surface area contributed by atoms with Crippen molar-refractivity contribution in [3.8, 4) is 0 Å². The minimum Gasteiger partial charge on any atom is -0.472 e. The number of ether oxygens (including phenoxy) is 1. The molecule has 1 aromatic heterocycles. The number of rotatable bonds is 5. The maximum Gasteiger partial charge on any atom is 0.275 e. The number of aliphatic hydroxyl groups is 1. The highest BCUT2D eigenvalue weighted by molar-refractivity contribution is 6.09. The van der Waals surface area contributed by atoms with Gasteiger partial charge in [-0.2, -0.15) is 0 Å². The molecule has 9 heteroatoms. The van der Waals surface area contributed by atoms with E-state index in [0.29, 0.717) is 43.0 Å². The van der Waals surface area contributed by atoms with Crippen LogP contribution in [0.25, 0.3) is 0 Å². The summed E-state index contributed by atoms with van der Waals surface area (Å²) in [6.07, 6.45) is 3.72. The van der Waals surface area contributed by atoms with Gasteiger partial charge >= 0.3 is 0 Å². The van der Waals surface area contributed by atoms with Gasteiger partial charge in [-0.25, -0.2) is 0 Å². The summed E-state index contributed by atoms with van der Waals surface area (Å²) in [5.74, 6) is -0.316. The van der Waals surface area contributed by atoms with E-state index in [1.165, 1.54) is 6.26 Å². The normalized spacial score (nSPS) is 19.0. The number of aliphatic hydroxyl groups excluding tert-OH is 1. The summed E-state index contributed by atoms with van der Waals surface area (Å²) in [4.78, 5) is 23.7. The third-order valence-corrected chi connectivity index (χ3v) is 6.02. The maximum atomic E-state index is 13.1. The number of nitrogen functional groups attached to an aromatic ring is 1. The molecule has 0 aliphatic carbocycles. The third kappa shape index (κ3) is 4.93. The van der Waals surface area contributed by atoms with Gasteiger partial charge in [0.15, 0.2) is 6.23 Å². The van der Waals surface area contributed by atoms with Gasteiger partial charge in [-0.15, -0.1) is 0 Å². The van der Waals surface area contributed by atoms with Crippen molar-refractivity contribution in [2.75, 3.05) is 36.1 Å². The van der Waals surface area contributed by atoms with Crippen LogP contribution in [0.4, 0.5) is 17.1 Å². The first-order chi connectivity index (χ1) is 15.9. The number of aryl methyl sites for hydroxylation is 1. The lowest BCUT2D eigenvalue weighted by molar-refractivity contribution is -0.113. The Bertz CT molecular complexity index is 1110. The predicted octanol–water partition coefficient (Wildman–Crippen LogP) is 2.47. The largest absolute Gasteiger partial charge is 0.472 e. The number of carbonyl (C=O) groups excluding carboxylic acids is 1. The molecule has 0 radical (unpaired) electrons. The number of anilines is 3. The Morgan fingerprint density at radius 1 is 1.33 bits per heavy atom. The molecule has 5 N–H and O–H groups in total. The Labute approximate surface area is 193 Å². The zero-order valence-electron chi connectivity index (χ0n) is 19.1. The van der Waals surface area contributed by atoms with Gasteiger partial charge in [-0.1, -0.05) is 0 Å². The molecule has 0 saturated carbocycles. The number of nitrogens with one attached hydrogen (secondary N) is 2. The third-order valence-electron chi connectivity index (χ3n) is 6.02. The highest BCUT2D eigenvalue weighted by Crippen LogP contribution is 2.34. The van der Waals surface area contributed by atoms with Crippen molar-refractivity contribution in [3.63, 3.8) is 0 Å². The number of carbonyl (C=O) groups is 1. The molecule has 3 heterocycles. The summed E-state index contributed by atoms with van der Waals surface area (Å²) >= 11 is 0. The van der Waals surface area contributed by atoms with E-state index < -0.39 is 6.23 Å². The molecule has 2 aliphatic rings. The second-order valence-corrected chi connectivity index (χ2v) is 8.36. The fourth-order valence-electron chi connectivity index (χ4n) is 4.05. The molecule has 1 unspecified atom stereocenters. The summed E-state index contributed by atoms with van der Waals surface area (Å²) in [7, 11) is 1.71. The van der Waals surface area contributed by atoms with E-state index in [-0.39, 0.29) is 12.0 Å². The molecule has 9 nitrogen and oxygen atoms in total. The van der Waals surface area contributed by atoms with Crippen LogP contribution >= 0.6 is 0 Å². The van der Waals surface area contributed by atoms with Crippen LogP contribution in [0.2, 0.25) is 0 Å². The zero-order valence-corrected chi connectivity index (χ0v) is 19.1. The van der Waals surface area contributed by atoms with Gasteiger partial charge in [0.2, 0.25) is 0 Å². The number of amides is 1. The standard InChI is InChI=1S/C24H30N6O3/c1-14-10-16(4-7-27-14)24-29-21(13-33-24)23(32)28-20-11-18(15(2)26-3)19(25)12-22(20)30-8-5-17(31)6-9-30/h4,7,10-13,17,24,29,31H,5-6,8-9,25H2,1-3H3,(H,28,32). The molecule has 2 aliphatic heterocycles. The molecule has 2 aromatic rings. The first-order valence-electron chi connectivity index (χ1n) is 11.0. The molecule has 1 aromatic carbocycles. The van der Waals surface area contributed by atoms with Crippen LogP contribution in [0.15, 0.2) is 47.4 Å². The van der Waals surface area contributed by atoms with Crippen molar-refractivity contribution in [1.82, 2.24) is 10.3 Å². The van der Waals surface area contributed by atoms with E-state index in [1.54, 1.807) is 13.2 Å². The average Bonchev–Trinajstić information content (AvgIpc) is 3.31. The van der Waals surface area contributed by atoms with E-state index >= 15 is 0 Å². The molecule has 33 heavy (non-hydrogen) atoms.